The van der Waals surface area contributed by atoms with Gasteiger partial charge >= 0.3 is 0 Å². The number of aryl methyl sites for hydroxylation is 2. The Morgan fingerprint density at radius 2 is 2.35 bits per heavy atom. The fourth-order valence-electron chi connectivity index (χ4n) is 3.31. The summed E-state index contributed by atoms with van der Waals surface area (Å²) in [6.07, 6.45) is 6.32. The molecule has 1 heterocycles. The molecule has 0 amide bonds. The highest BCUT2D eigenvalue weighted by Crippen LogP contribution is 2.44. The Morgan fingerprint density at radius 3 is 2.82 bits per heavy atom. The normalized spacial score (nSPS) is 28.8. The fourth-order valence-corrected chi connectivity index (χ4v) is 3.31. The van der Waals surface area contributed by atoms with Crippen LogP contribution in [-0.4, -0.2) is 16.3 Å². The van der Waals surface area contributed by atoms with Crippen LogP contribution < -0.4 is 5.73 Å². The first-order chi connectivity index (χ1) is 8.08. The van der Waals surface area contributed by atoms with E-state index in [1.807, 2.05) is 11.7 Å². The number of rotatable bonds is 4. The molecule has 1 fully saturated rings. The standard InChI is InChI=1S/C14H25N3/c1-4-12-5-6-14(8-12,10-15)9-13-7-11(2)16-17(13)3/h7,12H,4-6,8-10,15H2,1-3H3. The highest BCUT2D eigenvalue weighted by Gasteiger charge is 2.37. The van der Waals surface area contributed by atoms with E-state index in [0.717, 1.165) is 24.6 Å². The Bertz CT molecular complexity index is 383. The molecule has 0 spiro atoms. The third kappa shape index (κ3) is 2.54. The minimum Gasteiger partial charge on any atom is -0.330 e. The van der Waals surface area contributed by atoms with Gasteiger partial charge in [-0.1, -0.05) is 13.3 Å². The largest absolute Gasteiger partial charge is 0.330 e. The Balaban J connectivity index is 2.13. The van der Waals surface area contributed by atoms with Crippen molar-refractivity contribution in [2.45, 2.75) is 46.0 Å². The van der Waals surface area contributed by atoms with Crippen molar-refractivity contribution in [1.29, 1.82) is 0 Å². The van der Waals surface area contributed by atoms with Gasteiger partial charge in [-0.25, -0.2) is 0 Å². The van der Waals surface area contributed by atoms with E-state index in [4.69, 9.17) is 5.73 Å². The second-order valence-electron chi connectivity index (χ2n) is 5.80. The molecular formula is C14H25N3. The highest BCUT2D eigenvalue weighted by atomic mass is 15.3. The topological polar surface area (TPSA) is 43.8 Å². The second kappa shape index (κ2) is 4.81. The summed E-state index contributed by atoms with van der Waals surface area (Å²) in [5.41, 5.74) is 8.84. The zero-order chi connectivity index (χ0) is 12.5. The highest BCUT2D eigenvalue weighted by molar-refractivity contribution is 5.12. The Morgan fingerprint density at radius 1 is 1.59 bits per heavy atom. The van der Waals surface area contributed by atoms with Gasteiger partial charge in [-0.3, -0.25) is 4.68 Å². The van der Waals surface area contributed by atoms with E-state index >= 15 is 0 Å². The van der Waals surface area contributed by atoms with Gasteiger partial charge in [0.2, 0.25) is 0 Å². The molecule has 2 N–H and O–H groups in total. The molecule has 0 aliphatic heterocycles. The molecule has 0 aromatic carbocycles. The molecule has 2 rings (SSSR count). The predicted octanol–water partition coefficient (Wildman–Crippen LogP) is 2.43. The molecule has 1 aliphatic rings. The maximum absolute atomic E-state index is 6.06. The fraction of sp³-hybridized carbons (Fsp3) is 0.786. The summed E-state index contributed by atoms with van der Waals surface area (Å²) in [6.45, 7) is 5.17. The summed E-state index contributed by atoms with van der Waals surface area (Å²) in [5, 5.41) is 4.43. The van der Waals surface area contributed by atoms with Crippen molar-refractivity contribution in [2.24, 2.45) is 24.1 Å². The van der Waals surface area contributed by atoms with Crippen molar-refractivity contribution >= 4 is 0 Å². The van der Waals surface area contributed by atoms with E-state index in [0.29, 0.717) is 5.41 Å². The van der Waals surface area contributed by atoms with Gasteiger partial charge in [0, 0.05) is 12.7 Å². The van der Waals surface area contributed by atoms with Gasteiger partial charge in [-0.05, 0) is 56.6 Å². The summed E-state index contributed by atoms with van der Waals surface area (Å²) in [7, 11) is 2.04. The molecule has 1 saturated carbocycles. The SMILES string of the molecule is CCC1CCC(CN)(Cc2cc(C)nn2C)C1. The minimum absolute atomic E-state index is 0.334. The smallest absolute Gasteiger partial charge is 0.0596 e. The van der Waals surface area contributed by atoms with Crippen LogP contribution in [0, 0.1) is 18.3 Å². The third-order valence-corrected chi connectivity index (χ3v) is 4.47. The summed E-state index contributed by atoms with van der Waals surface area (Å²) >= 11 is 0. The number of aromatic nitrogens is 2. The predicted molar refractivity (Wildman–Crippen MR) is 70.8 cm³/mol. The van der Waals surface area contributed by atoms with E-state index in [-0.39, 0.29) is 0 Å². The van der Waals surface area contributed by atoms with Crippen LogP contribution in [0.1, 0.15) is 44.0 Å². The van der Waals surface area contributed by atoms with E-state index in [9.17, 15) is 0 Å². The number of nitrogens with zero attached hydrogens (tertiary/aromatic N) is 2. The summed E-state index contributed by atoms with van der Waals surface area (Å²) < 4.78 is 2.02. The molecule has 96 valence electrons. The van der Waals surface area contributed by atoms with Gasteiger partial charge in [0.25, 0.3) is 0 Å². The van der Waals surface area contributed by atoms with Gasteiger partial charge in [-0.15, -0.1) is 0 Å². The van der Waals surface area contributed by atoms with Gasteiger partial charge in [0.1, 0.15) is 0 Å². The van der Waals surface area contributed by atoms with Crippen molar-refractivity contribution in [1.82, 2.24) is 9.78 Å². The molecule has 1 aromatic rings. The Labute approximate surface area is 104 Å². The number of hydrogen-bond acceptors (Lipinski definition) is 2. The van der Waals surface area contributed by atoms with E-state index in [1.165, 1.54) is 31.4 Å². The van der Waals surface area contributed by atoms with Crippen LogP contribution in [0.2, 0.25) is 0 Å². The van der Waals surface area contributed by atoms with Crippen molar-refractivity contribution < 1.29 is 0 Å². The van der Waals surface area contributed by atoms with Gasteiger partial charge in [0.05, 0.1) is 5.69 Å². The maximum atomic E-state index is 6.06. The molecule has 0 bridgehead atoms. The van der Waals surface area contributed by atoms with Crippen molar-refractivity contribution in [3.05, 3.63) is 17.5 Å². The van der Waals surface area contributed by atoms with Crippen molar-refractivity contribution in [3.8, 4) is 0 Å². The molecule has 0 radical (unpaired) electrons. The lowest BCUT2D eigenvalue weighted by molar-refractivity contribution is 0.284. The second-order valence-corrected chi connectivity index (χ2v) is 5.80. The first-order valence-electron chi connectivity index (χ1n) is 6.78. The van der Waals surface area contributed by atoms with Crippen molar-refractivity contribution in [2.75, 3.05) is 6.54 Å². The molecule has 0 saturated heterocycles. The van der Waals surface area contributed by atoms with Crippen LogP contribution in [-0.2, 0) is 13.5 Å². The minimum atomic E-state index is 0.334. The summed E-state index contributed by atoms with van der Waals surface area (Å²) in [5.74, 6) is 0.882. The van der Waals surface area contributed by atoms with Crippen LogP contribution in [0.3, 0.4) is 0 Å². The molecular weight excluding hydrogens is 210 g/mol. The molecule has 17 heavy (non-hydrogen) atoms. The van der Waals surface area contributed by atoms with Crippen molar-refractivity contribution in [3.63, 3.8) is 0 Å². The zero-order valence-electron chi connectivity index (χ0n) is 11.4. The van der Waals surface area contributed by atoms with Gasteiger partial charge < -0.3 is 5.73 Å². The van der Waals surface area contributed by atoms with Crippen LogP contribution in [0.5, 0.6) is 0 Å². The first-order valence-corrected chi connectivity index (χ1v) is 6.78. The Kier molecular flexibility index (Phi) is 3.57. The lowest BCUT2D eigenvalue weighted by Gasteiger charge is -2.27. The van der Waals surface area contributed by atoms with E-state index in [2.05, 4.69) is 25.0 Å². The maximum Gasteiger partial charge on any atom is 0.0596 e. The summed E-state index contributed by atoms with van der Waals surface area (Å²) in [4.78, 5) is 0. The zero-order valence-corrected chi connectivity index (χ0v) is 11.4. The molecule has 1 aliphatic carbocycles. The molecule has 2 atom stereocenters. The first kappa shape index (κ1) is 12.6. The molecule has 2 unspecified atom stereocenters. The van der Waals surface area contributed by atoms with Crippen LogP contribution in [0.15, 0.2) is 6.07 Å². The molecule has 3 nitrogen and oxygen atoms in total. The molecule has 3 heteroatoms. The average Bonchev–Trinajstić information content (AvgIpc) is 2.85. The number of nitrogens with two attached hydrogens (primary N) is 1. The van der Waals surface area contributed by atoms with E-state index in [1.54, 1.807) is 0 Å². The lowest BCUT2D eigenvalue weighted by atomic mass is 9.80. The van der Waals surface area contributed by atoms with Gasteiger partial charge in [0.15, 0.2) is 0 Å². The Hall–Kier alpha value is -0.830. The number of hydrogen-bond donors (Lipinski definition) is 1. The van der Waals surface area contributed by atoms with Crippen LogP contribution in [0.4, 0.5) is 0 Å². The quantitative estimate of drug-likeness (QED) is 0.871. The third-order valence-electron chi connectivity index (χ3n) is 4.47. The summed E-state index contributed by atoms with van der Waals surface area (Å²) in [6, 6.07) is 2.21. The van der Waals surface area contributed by atoms with Crippen LogP contribution >= 0.6 is 0 Å². The average molecular weight is 235 g/mol. The monoisotopic (exact) mass is 235 g/mol. The van der Waals surface area contributed by atoms with Gasteiger partial charge in [-0.2, -0.15) is 5.10 Å². The van der Waals surface area contributed by atoms with Crippen LogP contribution in [0.25, 0.3) is 0 Å². The molecule has 1 aromatic heterocycles. The lowest BCUT2D eigenvalue weighted by Crippen LogP contribution is -2.31. The van der Waals surface area contributed by atoms with E-state index < -0.39 is 0 Å².